The third kappa shape index (κ3) is 3.90. The van der Waals surface area contributed by atoms with E-state index in [9.17, 15) is 14.4 Å². The molecular weight excluding hydrogens is 406 g/mol. The number of halogens is 1. The molecule has 152 valence electrons. The van der Waals surface area contributed by atoms with Crippen molar-refractivity contribution < 1.29 is 14.4 Å². The Hall–Kier alpha value is -3.65. The summed E-state index contributed by atoms with van der Waals surface area (Å²) in [5.74, 6) is -0.970. The molecule has 1 saturated heterocycles. The molecule has 1 aromatic heterocycles. The van der Waals surface area contributed by atoms with Gasteiger partial charge in [-0.15, -0.1) is 0 Å². The summed E-state index contributed by atoms with van der Waals surface area (Å²) in [6.07, 6.45) is 2.83. The Morgan fingerprint density at radius 1 is 1.10 bits per heavy atom. The average molecular weight is 424 g/mol. The summed E-state index contributed by atoms with van der Waals surface area (Å²) in [6, 6.07) is 13.3. The van der Waals surface area contributed by atoms with Gasteiger partial charge in [-0.3, -0.25) is 14.4 Å². The monoisotopic (exact) mass is 423 g/mol. The fourth-order valence-electron chi connectivity index (χ4n) is 3.32. The van der Waals surface area contributed by atoms with Crippen molar-refractivity contribution in [3.63, 3.8) is 0 Å². The van der Waals surface area contributed by atoms with Crippen molar-refractivity contribution in [3.8, 4) is 5.69 Å². The lowest BCUT2D eigenvalue weighted by atomic mass is 10.1. The average Bonchev–Trinajstić information content (AvgIpc) is 3.38. The zero-order chi connectivity index (χ0) is 21.3. The summed E-state index contributed by atoms with van der Waals surface area (Å²) < 4.78 is 1.52. The van der Waals surface area contributed by atoms with Gasteiger partial charge < -0.3 is 16.0 Å². The minimum atomic E-state index is -0.604. The highest BCUT2D eigenvalue weighted by Gasteiger charge is 2.26. The quantitative estimate of drug-likeness (QED) is 0.657. The van der Waals surface area contributed by atoms with E-state index in [1.165, 1.54) is 10.7 Å². The lowest BCUT2D eigenvalue weighted by Gasteiger charge is -2.20. The summed E-state index contributed by atoms with van der Waals surface area (Å²) in [4.78, 5) is 37.8. The number of rotatable bonds is 5. The van der Waals surface area contributed by atoms with E-state index in [4.69, 9.17) is 17.3 Å². The first-order valence-electron chi connectivity index (χ1n) is 9.29. The number of carbonyl (C=O) groups excluding carboxylic acids is 3. The highest BCUT2D eigenvalue weighted by atomic mass is 35.5. The van der Waals surface area contributed by atoms with Crippen molar-refractivity contribution in [1.29, 1.82) is 0 Å². The summed E-state index contributed by atoms with van der Waals surface area (Å²) in [5, 5.41) is 7.39. The molecular formula is C21H18ClN5O3. The second-order valence-corrected chi connectivity index (χ2v) is 7.26. The lowest BCUT2D eigenvalue weighted by molar-refractivity contribution is -0.117. The molecule has 1 fully saturated rings. The molecule has 2 aromatic carbocycles. The number of carbonyl (C=O) groups is 3. The van der Waals surface area contributed by atoms with Gasteiger partial charge in [0.2, 0.25) is 5.91 Å². The van der Waals surface area contributed by atoms with Crippen molar-refractivity contribution >= 4 is 40.7 Å². The van der Waals surface area contributed by atoms with E-state index in [-0.39, 0.29) is 17.5 Å². The molecule has 2 heterocycles. The Morgan fingerprint density at radius 2 is 1.87 bits per heavy atom. The van der Waals surface area contributed by atoms with E-state index in [0.717, 1.165) is 6.42 Å². The van der Waals surface area contributed by atoms with Crippen molar-refractivity contribution in [2.24, 2.45) is 5.73 Å². The number of nitrogens with two attached hydrogens (primary N) is 1. The van der Waals surface area contributed by atoms with Gasteiger partial charge in [0.25, 0.3) is 11.8 Å². The number of primary amides is 1. The number of nitrogens with zero attached hydrogens (tertiary/aromatic N) is 3. The van der Waals surface area contributed by atoms with Gasteiger partial charge >= 0.3 is 0 Å². The molecule has 0 aliphatic carbocycles. The molecule has 8 nitrogen and oxygen atoms in total. The maximum Gasteiger partial charge on any atom is 0.269 e. The first-order chi connectivity index (χ1) is 14.4. The van der Waals surface area contributed by atoms with E-state index in [2.05, 4.69) is 10.4 Å². The van der Waals surface area contributed by atoms with Gasteiger partial charge in [-0.25, -0.2) is 4.68 Å². The van der Waals surface area contributed by atoms with Gasteiger partial charge in [-0.05, 0) is 55.0 Å². The second-order valence-electron chi connectivity index (χ2n) is 6.82. The van der Waals surface area contributed by atoms with Gasteiger partial charge in [0.1, 0.15) is 5.69 Å². The lowest BCUT2D eigenvalue weighted by Crippen LogP contribution is -2.27. The highest BCUT2D eigenvalue weighted by Crippen LogP contribution is 2.29. The Kier molecular flexibility index (Phi) is 5.24. The van der Waals surface area contributed by atoms with Crippen LogP contribution in [0.5, 0.6) is 0 Å². The van der Waals surface area contributed by atoms with Crippen LogP contribution in [0.1, 0.15) is 33.7 Å². The number of hydrogen-bond donors (Lipinski definition) is 2. The molecule has 3 aromatic rings. The molecule has 9 heteroatoms. The van der Waals surface area contributed by atoms with E-state index >= 15 is 0 Å². The van der Waals surface area contributed by atoms with Crippen molar-refractivity contribution in [2.45, 2.75) is 12.8 Å². The molecule has 30 heavy (non-hydrogen) atoms. The summed E-state index contributed by atoms with van der Waals surface area (Å²) in [7, 11) is 0. The minimum Gasteiger partial charge on any atom is -0.364 e. The van der Waals surface area contributed by atoms with Crippen LogP contribution in [-0.2, 0) is 4.79 Å². The zero-order valence-corrected chi connectivity index (χ0v) is 16.6. The van der Waals surface area contributed by atoms with Crippen LogP contribution in [-0.4, -0.2) is 34.0 Å². The van der Waals surface area contributed by atoms with Crippen LogP contribution in [0, 0.1) is 0 Å². The zero-order valence-electron chi connectivity index (χ0n) is 15.8. The maximum atomic E-state index is 12.9. The number of benzene rings is 2. The Balaban J connectivity index is 1.54. The van der Waals surface area contributed by atoms with Gasteiger partial charge in [0, 0.05) is 29.9 Å². The van der Waals surface area contributed by atoms with Gasteiger partial charge in [0.15, 0.2) is 0 Å². The molecule has 0 bridgehead atoms. The fraction of sp³-hybridized carbons (Fsp3) is 0.143. The smallest absolute Gasteiger partial charge is 0.269 e. The number of nitrogens with one attached hydrogen (secondary N) is 1. The van der Waals surface area contributed by atoms with Gasteiger partial charge in [-0.2, -0.15) is 5.10 Å². The predicted molar refractivity (Wildman–Crippen MR) is 113 cm³/mol. The van der Waals surface area contributed by atoms with Gasteiger partial charge in [-0.1, -0.05) is 11.6 Å². The third-order valence-electron chi connectivity index (χ3n) is 4.80. The molecule has 0 saturated carbocycles. The number of hydrogen-bond acceptors (Lipinski definition) is 4. The third-order valence-corrected chi connectivity index (χ3v) is 5.03. The standard InChI is InChI=1S/C21H18ClN5O3/c22-13-3-8-16(18(12-13)26-10-1-2-19(26)28)21(30)24-14-4-6-15(7-5-14)27-11-9-17(25-27)20(23)29/h3-9,11-12H,1-2,10H2,(H2,23,29)(H,24,30). The molecule has 0 atom stereocenters. The maximum absolute atomic E-state index is 12.9. The largest absolute Gasteiger partial charge is 0.364 e. The molecule has 1 aliphatic rings. The van der Waals surface area contributed by atoms with Crippen LogP contribution in [0.25, 0.3) is 5.69 Å². The minimum absolute atomic E-state index is 0.0229. The van der Waals surface area contributed by atoms with Gasteiger partial charge in [0.05, 0.1) is 16.9 Å². The van der Waals surface area contributed by atoms with Crippen molar-refractivity contribution in [2.75, 3.05) is 16.8 Å². The summed E-state index contributed by atoms with van der Waals surface area (Å²) in [6.45, 7) is 0.561. The Labute approximate surface area is 177 Å². The topological polar surface area (TPSA) is 110 Å². The van der Waals surface area contributed by atoms with E-state index in [1.54, 1.807) is 53.6 Å². The van der Waals surface area contributed by atoms with Crippen LogP contribution in [0.3, 0.4) is 0 Å². The second kappa shape index (κ2) is 8.00. The van der Waals surface area contributed by atoms with E-state index in [0.29, 0.717) is 40.6 Å². The fourth-order valence-corrected chi connectivity index (χ4v) is 3.48. The predicted octanol–water partition coefficient (Wildman–Crippen LogP) is 3.00. The van der Waals surface area contributed by atoms with Crippen molar-refractivity contribution in [3.05, 3.63) is 71.0 Å². The first kappa shape index (κ1) is 19.7. The molecule has 0 radical (unpaired) electrons. The summed E-state index contributed by atoms with van der Waals surface area (Å²) in [5.41, 5.74) is 7.54. The molecule has 3 amide bonds. The highest BCUT2D eigenvalue weighted by molar-refractivity contribution is 6.31. The number of aromatic nitrogens is 2. The van der Waals surface area contributed by atoms with Crippen LogP contribution in [0.15, 0.2) is 54.7 Å². The Morgan fingerprint density at radius 3 is 2.50 bits per heavy atom. The first-order valence-corrected chi connectivity index (χ1v) is 9.67. The van der Waals surface area contributed by atoms with E-state index in [1.807, 2.05) is 0 Å². The van der Waals surface area contributed by atoms with E-state index < -0.39 is 5.91 Å². The van der Waals surface area contributed by atoms with Crippen LogP contribution >= 0.6 is 11.6 Å². The van der Waals surface area contributed by atoms with Crippen LogP contribution in [0.4, 0.5) is 11.4 Å². The number of amides is 3. The van der Waals surface area contributed by atoms with Crippen molar-refractivity contribution in [1.82, 2.24) is 9.78 Å². The SMILES string of the molecule is NC(=O)c1ccn(-c2ccc(NC(=O)c3ccc(Cl)cc3N3CCCC3=O)cc2)n1. The van der Waals surface area contributed by atoms with Crippen LogP contribution in [0.2, 0.25) is 5.02 Å². The molecule has 4 rings (SSSR count). The number of anilines is 2. The molecule has 3 N–H and O–H groups in total. The normalized spacial score (nSPS) is 13.5. The molecule has 0 spiro atoms. The summed E-state index contributed by atoms with van der Waals surface area (Å²) >= 11 is 6.10. The Bertz CT molecular complexity index is 1140. The van der Waals surface area contributed by atoms with Crippen LogP contribution < -0.4 is 16.0 Å². The molecule has 1 aliphatic heterocycles. The molecule has 0 unspecified atom stereocenters.